The van der Waals surface area contributed by atoms with Crippen LogP contribution in [0.2, 0.25) is 0 Å². The molecule has 0 radical (unpaired) electrons. The summed E-state index contributed by atoms with van der Waals surface area (Å²) in [6.45, 7) is -0.00434. The average molecular weight is 410 g/mol. The Bertz CT molecular complexity index is 807. The second-order valence-electron chi connectivity index (χ2n) is 5.09. The number of nitro groups is 1. The second-order valence-corrected chi connectivity index (χ2v) is 5.95. The standard InChI is InChI=1S/C17H13BrFNO5/c18-14-8-5-12(10-15(14)20(23)24)17(22)25-9-1-2-16(21)11-3-6-13(19)7-4-11/h3-8,10H,1-2,9H2. The van der Waals surface area contributed by atoms with E-state index in [2.05, 4.69) is 15.9 Å². The number of ketones is 1. The van der Waals surface area contributed by atoms with Crippen LogP contribution in [0.4, 0.5) is 10.1 Å². The Labute approximate surface area is 150 Å². The van der Waals surface area contributed by atoms with Crippen molar-refractivity contribution in [2.45, 2.75) is 12.8 Å². The maximum Gasteiger partial charge on any atom is 0.338 e. The Balaban J connectivity index is 1.84. The predicted molar refractivity (Wildman–Crippen MR) is 91.0 cm³/mol. The van der Waals surface area contributed by atoms with E-state index in [4.69, 9.17) is 4.74 Å². The molecule has 0 spiro atoms. The highest BCUT2D eigenvalue weighted by Gasteiger charge is 2.17. The number of carbonyl (C=O) groups is 2. The first kappa shape index (κ1) is 18.7. The Morgan fingerprint density at radius 3 is 2.40 bits per heavy atom. The van der Waals surface area contributed by atoms with Crippen LogP contribution in [-0.4, -0.2) is 23.3 Å². The number of hydrogen-bond donors (Lipinski definition) is 0. The molecular weight excluding hydrogens is 397 g/mol. The molecule has 0 aromatic heterocycles. The highest BCUT2D eigenvalue weighted by Crippen LogP contribution is 2.25. The monoisotopic (exact) mass is 409 g/mol. The van der Waals surface area contributed by atoms with Crippen LogP contribution in [-0.2, 0) is 4.74 Å². The van der Waals surface area contributed by atoms with Gasteiger partial charge in [-0.25, -0.2) is 9.18 Å². The first-order chi connectivity index (χ1) is 11.9. The van der Waals surface area contributed by atoms with E-state index in [0.29, 0.717) is 12.0 Å². The molecule has 2 aromatic rings. The maximum atomic E-state index is 12.8. The molecule has 0 aliphatic rings. The third-order valence-corrected chi connectivity index (χ3v) is 4.00. The van der Waals surface area contributed by atoms with Crippen molar-refractivity contribution in [2.24, 2.45) is 0 Å². The largest absolute Gasteiger partial charge is 0.462 e. The van der Waals surface area contributed by atoms with Crippen molar-refractivity contribution >= 4 is 33.4 Å². The molecule has 2 rings (SSSR count). The van der Waals surface area contributed by atoms with E-state index >= 15 is 0 Å². The third-order valence-electron chi connectivity index (χ3n) is 3.33. The van der Waals surface area contributed by atoms with E-state index in [0.717, 1.165) is 6.07 Å². The molecule has 2 aromatic carbocycles. The van der Waals surface area contributed by atoms with Crippen molar-refractivity contribution in [3.8, 4) is 0 Å². The number of esters is 1. The topological polar surface area (TPSA) is 86.5 Å². The highest BCUT2D eigenvalue weighted by molar-refractivity contribution is 9.10. The van der Waals surface area contributed by atoms with Crippen LogP contribution in [0.1, 0.15) is 33.6 Å². The van der Waals surface area contributed by atoms with E-state index in [1.807, 2.05) is 0 Å². The van der Waals surface area contributed by atoms with Gasteiger partial charge in [-0.2, -0.15) is 0 Å². The minimum absolute atomic E-state index is 0.00434. The van der Waals surface area contributed by atoms with Crippen molar-refractivity contribution in [3.05, 3.63) is 74.0 Å². The summed E-state index contributed by atoms with van der Waals surface area (Å²) >= 11 is 3.03. The normalized spacial score (nSPS) is 10.3. The molecule has 25 heavy (non-hydrogen) atoms. The summed E-state index contributed by atoms with van der Waals surface area (Å²) in [5, 5.41) is 10.9. The molecule has 0 heterocycles. The lowest BCUT2D eigenvalue weighted by Gasteiger charge is -2.05. The Morgan fingerprint density at radius 1 is 1.12 bits per heavy atom. The molecule has 0 saturated heterocycles. The van der Waals surface area contributed by atoms with Crippen molar-refractivity contribution < 1.29 is 23.6 Å². The zero-order chi connectivity index (χ0) is 18.4. The minimum atomic E-state index is -0.704. The van der Waals surface area contributed by atoms with Gasteiger partial charge in [0.15, 0.2) is 5.78 Å². The van der Waals surface area contributed by atoms with Gasteiger partial charge in [0.1, 0.15) is 5.82 Å². The van der Waals surface area contributed by atoms with Crippen molar-refractivity contribution in [2.75, 3.05) is 6.61 Å². The van der Waals surface area contributed by atoms with Gasteiger partial charge in [0.25, 0.3) is 5.69 Å². The van der Waals surface area contributed by atoms with Crippen molar-refractivity contribution in [1.82, 2.24) is 0 Å². The minimum Gasteiger partial charge on any atom is -0.462 e. The average Bonchev–Trinajstić information content (AvgIpc) is 2.59. The van der Waals surface area contributed by atoms with E-state index in [9.17, 15) is 24.1 Å². The van der Waals surface area contributed by atoms with Gasteiger partial charge in [-0.05, 0) is 58.7 Å². The van der Waals surface area contributed by atoms with Gasteiger partial charge >= 0.3 is 5.97 Å². The van der Waals surface area contributed by atoms with Crippen LogP contribution in [0.25, 0.3) is 0 Å². The molecule has 0 aliphatic carbocycles. The fraction of sp³-hybridized carbons (Fsp3) is 0.176. The molecule has 0 bridgehead atoms. The van der Waals surface area contributed by atoms with Gasteiger partial charge in [0.2, 0.25) is 0 Å². The maximum absolute atomic E-state index is 12.8. The summed E-state index contributed by atoms with van der Waals surface area (Å²) in [5.41, 5.74) is 0.206. The molecule has 0 amide bonds. The van der Waals surface area contributed by atoms with E-state index < -0.39 is 16.7 Å². The van der Waals surface area contributed by atoms with E-state index in [1.165, 1.54) is 36.4 Å². The summed E-state index contributed by atoms with van der Waals surface area (Å²) in [5.74, 6) is -1.31. The number of carbonyl (C=O) groups excluding carboxylic acids is 2. The van der Waals surface area contributed by atoms with Crippen LogP contribution in [0, 0.1) is 15.9 Å². The Hall–Kier alpha value is -2.61. The lowest BCUT2D eigenvalue weighted by Crippen LogP contribution is -2.09. The van der Waals surface area contributed by atoms with Crippen molar-refractivity contribution in [3.63, 3.8) is 0 Å². The quantitative estimate of drug-likeness (QED) is 0.223. The van der Waals surface area contributed by atoms with E-state index in [-0.39, 0.29) is 34.5 Å². The molecule has 8 heteroatoms. The fourth-order valence-electron chi connectivity index (χ4n) is 2.04. The molecular formula is C17H13BrFNO5. The first-order valence-corrected chi connectivity index (χ1v) is 8.07. The lowest BCUT2D eigenvalue weighted by molar-refractivity contribution is -0.385. The highest BCUT2D eigenvalue weighted by atomic mass is 79.9. The van der Waals surface area contributed by atoms with E-state index in [1.54, 1.807) is 0 Å². The molecule has 0 unspecified atom stereocenters. The predicted octanol–water partition coefficient (Wildman–Crippen LogP) is 4.32. The van der Waals surface area contributed by atoms with Crippen molar-refractivity contribution in [1.29, 1.82) is 0 Å². The zero-order valence-corrected chi connectivity index (χ0v) is 14.5. The smallest absolute Gasteiger partial charge is 0.338 e. The molecule has 130 valence electrons. The van der Waals surface area contributed by atoms with Crippen LogP contribution in [0.5, 0.6) is 0 Å². The van der Waals surface area contributed by atoms with Gasteiger partial charge in [0, 0.05) is 18.1 Å². The van der Waals surface area contributed by atoms with Crippen LogP contribution >= 0.6 is 15.9 Å². The SMILES string of the molecule is O=C(CCCOC(=O)c1ccc(Br)c([N+](=O)[O-])c1)c1ccc(F)cc1. The summed E-state index contributed by atoms with van der Waals surface area (Å²) in [6, 6.07) is 9.11. The van der Waals surface area contributed by atoms with Crippen LogP contribution in [0.3, 0.4) is 0 Å². The molecule has 0 saturated carbocycles. The fourth-order valence-corrected chi connectivity index (χ4v) is 2.43. The molecule has 0 fully saturated rings. The summed E-state index contributed by atoms with van der Waals surface area (Å²) in [4.78, 5) is 34.0. The first-order valence-electron chi connectivity index (χ1n) is 7.28. The lowest BCUT2D eigenvalue weighted by atomic mass is 10.1. The third kappa shape index (κ3) is 5.18. The summed E-state index contributed by atoms with van der Waals surface area (Å²) in [7, 11) is 0. The molecule has 0 atom stereocenters. The Kier molecular flexibility index (Phi) is 6.35. The number of nitro benzene ring substituents is 1. The van der Waals surface area contributed by atoms with Crippen LogP contribution in [0.15, 0.2) is 46.9 Å². The van der Waals surface area contributed by atoms with Crippen LogP contribution < -0.4 is 0 Å². The second kappa shape index (κ2) is 8.48. The van der Waals surface area contributed by atoms with Gasteiger partial charge in [-0.3, -0.25) is 14.9 Å². The number of Topliss-reactive ketones (excluding diaryl/α,β-unsaturated/α-hetero) is 1. The summed E-state index contributed by atoms with van der Waals surface area (Å²) < 4.78 is 18.1. The molecule has 0 aliphatic heterocycles. The number of nitrogens with zero attached hydrogens (tertiary/aromatic N) is 1. The Morgan fingerprint density at radius 2 is 1.76 bits per heavy atom. The number of ether oxygens (including phenoxy) is 1. The number of hydrogen-bond acceptors (Lipinski definition) is 5. The zero-order valence-electron chi connectivity index (χ0n) is 12.9. The number of halogens is 2. The van der Waals surface area contributed by atoms with Gasteiger partial charge < -0.3 is 4.74 Å². The number of rotatable bonds is 7. The van der Waals surface area contributed by atoms with Gasteiger partial charge in [-0.15, -0.1) is 0 Å². The molecule has 0 N–H and O–H groups in total. The summed E-state index contributed by atoms with van der Waals surface area (Å²) in [6.07, 6.45) is 0.431. The molecule has 6 nitrogen and oxygen atoms in total. The number of benzene rings is 2. The van der Waals surface area contributed by atoms with Gasteiger partial charge in [-0.1, -0.05) is 0 Å². The van der Waals surface area contributed by atoms with Gasteiger partial charge in [0.05, 0.1) is 21.6 Å².